The van der Waals surface area contributed by atoms with Crippen molar-refractivity contribution in [3.05, 3.63) is 41.7 Å². The summed E-state index contributed by atoms with van der Waals surface area (Å²) in [6.45, 7) is 6.38. The average molecular weight is 357 g/mol. The average Bonchev–Trinajstić information content (AvgIpc) is 3.01. The number of halogens is 1. The maximum atomic E-state index is 4.79. The number of aryl methyl sites for hydroxylation is 2. The first-order valence-corrected chi connectivity index (χ1v) is 8.97. The molecule has 1 fully saturated rings. The molecule has 0 bridgehead atoms. The van der Waals surface area contributed by atoms with E-state index in [-0.39, 0.29) is 12.4 Å². The standard InChI is InChI=1S/C20H24N4.ClH/c1-3-16-17(15-10-6-4-7-11-15)23-19-18(16)21-14(2)22-20(19)24-12-8-5-9-13-24;/h4,6-7,10-11,23H,3,5,8-9,12-13H2,1-2H3;1H. The van der Waals surface area contributed by atoms with Gasteiger partial charge in [-0.15, -0.1) is 12.4 Å². The van der Waals surface area contributed by atoms with E-state index in [1.54, 1.807) is 0 Å². The van der Waals surface area contributed by atoms with Gasteiger partial charge in [-0.05, 0) is 38.2 Å². The molecule has 132 valence electrons. The number of fused-ring (bicyclic) bond motifs is 1. The van der Waals surface area contributed by atoms with Crippen LogP contribution in [-0.4, -0.2) is 28.0 Å². The third-order valence-electron chi connectivity index (χ3n) is 4.91. The lowest BCUT2D eigenvalue weighted by Crippen LogP contribution is -2.30. The first-order chi connectivity index (χ1) is 11.8. The van der Waals surface area contributed by atoms with E-state index in [4.69, 9.17) is 9.97 Å². The summed E-state index contributed by atoms with van der Waals surface area (Å²) < 4.78 is 0. The number of piperidine rings is 1. The van der Waals surface area contributed by atoms with Crippen LogP contribution in [0.25, 0.3) is 22.3 Å². The molecule has 0 radical (unpaired) electrons. The minimum absolute atomic E-state index is 0. The van der Waals surface area contributed by atoms with E-state index >= 15 is 0 Å². The highest BCUT2D eigenvalue weighted by atomic mass is 35.5. The van der Waals surface area contributed by atoms with Gasteiger partial charge >= 0.3 is 0 Å². The highest BCUT2D eigenvalue weighted by molar-refractivity contribution is 5.94. The lowest BCUT2D eigenvalue weighted by molar-refractivity contribution is 0.574. The molecule has 0 saturated carbocycles. The Morgan fingerprint density at radius 3 is 2.44 bits per heavy atom. The molecule has 1 aliphatic rings. The Hall–Kier alpha value is -2.07. The van der Waals surface area contributed by atoms with Gasteiger partial charge in [-0.3, -0.25) is 0 Å². The highest BCUT2D eigenvalue weighted by Gasteiger charge is 2.21. The molecule has 0 amide bonds. The van der Waals surface area contributed by atoms with Crippen LogP contribution in [0.3, 0.4) is 0 Å². The fourth-order valence-corrected chi connectivity index (χ4v) is 3.74. The van der Waals surface area contributed by atoms with Gasteiger partial charge in [0.05, 0.1) is 11.2 Å². The quantitative estimate of drug-likeness (QED) is 0.725. The zero-order valence-corrected chi connectivity index (χ0v) is 15.7. The van der Waals surface area contributed by atoms with Crippen molar-refractivity contribution in [1.82, 2.24) is 15.0 Å². The van der Waals surface area contributed by atoms with Crippen molar-refractivity contribution >= 4 is 29.3 Å². The lowest BCUT2D eigenvalue weighted by Gasteiger charge is -2.28. The van der Waals surface area contributed by atoms with Crippen LogP contribution in [0.1, 0.15) is 37.6 Å². The Bertz CT molecular complexity index is 851. The monoisotopic (exact) mass is 356 g/mol. The molecule has 4 nitrogen and oxygen atoms in total. The van der Waals surface area contributed by atoms with Crippen molar-refractivity contribution in [2.24, 2.45) is 0 Å². The van der Waals surface area contributed by atoms with Crippen LogP contribution in [0.5, 0.6) is 0 Å². The molecule has 1 saturated heterocycles. The summed E-state index contributed by atoms with van der Waals surface area (Å²) in [6.07, 6.45) is 4.78. The smallest absolute Gasteiger partial charge is 0.156 e. The molecule has 1 aromatic carbocycles. The second-order valence-electron chi connectivity index (χ2n) is 6.56. The van der Waals surface area contributed by atoms with Crippen LogP contribution in [-0.2, 0) is 6.42 Å². The van der Waals surface area contributed by atoms with E-state index in [2.05, 4.69) is 47.1 Å². The van der Waals surface area contributed by atoms with E-state index in [1.165, 1.54) is 36.1 Å². The Morgan fingerprint density at radius 1 is 1.04 bits per heavy atom. The zero-order chi connectivity index (χ0) is 16.5. The van der Waals surface area contributed by atoms with Crippen molar-refractivity contribution in [2.75, 3.05) is 18.0 Å². The molecule has 3 heterocycles. The summed E-state index contributed by atoms with van der Waals surface area (Å²) in [6, 6.07) is 10.5. The molecule has 1 N–H and O–H groups in total. The lowest BCUT2D eigenvalue weighted by atomic mass is 10.1. The molecule has 3 aromatic rings. The fraction of sp³-hybridized carbons (Fsp3) is 0.400. The topological polar surface area (TPSA) is 44.8 Å². The summed E-state index contributed by atoms with van der Waals surface area (Å²) in [5, 5.41) is 0. The zero-order valence-electron chi connectivity index (χ0n) is 14.9. The van der Waals surface area contributed by atoms with Gasteiger partial charge in [-0.1, -0.05) is 37.3 Å². The molecule has 1 aliphatic heterocycles. The molecule has 0 aliphatic carbocycles. The third-order valence-corrected chi connectivity index (χ3v) is 4.91. The molecule has 25 heavy (non-hydrogen) atoms. The van der Waals surface area contributed by atoms with Crippen LogP contribution < -0.4 is 4.90 Å². The number of H-pyrrole nitrogens is 1. The van der Waals surface area contributed by atoms with Crippen LogP contribution in [0.4, 0.5) is 5.82 Å². The first kappa shape index (κ1) is 17.7. The van der Waals surface area contributed by atoms with Crippen molar-refractivity contribution in [3.8, 4) is 11.3 Å². The Labute approximate surface area is 155 Å². The predicted octanol–water partition coefficient (Wildman–Crippen LogP) is 4.91. The Kier molecular flexibility index (Phi) is 5.28. The van der Waals surface area contributed by atoms with Gasteiger partial charge in [0.1, 0.15) is 11.3 Å². The highest BCUT2D eigenvalue weighted by Crippen LogP contribution is 2.34. The van der Waals surface area contributed by atoms with Crippen molar-refractivity contribution in [1.29, 1.82) is 0 Å². The number of nitrogens with zero attached hydrogens (tertiary/aromatic N) is 3. The van der Waals surface area contributed by atoms with Crippen molar-refractivity contribution in [3.63, 3.8) is 0 Å². The number of hydrogen-bond donors (Lipinski definition) is 1. The molecule has 0 unspecified atom stereocenters. The first-order valence-electron chi connectivity index (χ1n) is 8.97. The molecule has 0 atom stereocenters. The van der Waals surface area contributed by atoms with E-state index in [0.717, 1.165) is 42.2 Å². The second kappa shape index (κ2) is 7.44. The molecule has 4 rings (SSSR count). The summed E-state index contributed by atoms with van der Waals surface area (Å²) in [5.41, 5.74) is 5.88. The minimum atomic E-state index is 0. The molecular formula is C20H25ClN4. The summed E-state index contributed by atoms with van der Waals surface area (Å²) in [7, 11) is 0. The van der Waals surface area contributed by atoms with E-state index in [9.17, 15) is 0 Å². The summed E-state index contributed by atoms with van der Waals surface area (Å²) >= 11 is 0. The third kappa shape index (κ3) is 3.23. The van der Waals surface area contributed by atoms with Gasteiger partial charge in [0.15, 0.2) is 5.82 Å². The molecule has 0 spiro atoms. The number of rotatable bonds is 3. The van der Waals surface area contributed by atoms with Gasteiger partial charge in [-0.25, -0.2) is 9.97 Å². The fourth-order valence-electron chi connectivity index (χ4n) is 3.74. The largest absolute Gasteiger partial charge is 0.355 e. The predicted molar refractivity (Wildman–Crippen MR) is 107 cm³/mol. The van der Waals surface area contributed by atoms with E-state index in [1.807, 2.05) is 6.92 Å². The maximum Gasteiger partial charge on any atom is 0.156 e. The summed E-state index contributed by atoms with van der Waals surface area (Å²) in [4.78, 5) is 15.6. The molecular weight excluding hydrogens is 332 g/mol. The molecule has 2 aromatic heterocycles. The van der Waals surface area contributed by atoms with Crippen LogP contribution in [0.15, 0.2) is 30.3 Å². The maximum absolute atomic E-state index is 4.79. The van der Waals surface area contributed by atoms with Crippen LogP contribution in [0.2, 0.25) is 0 Å². The number of aromatic amines is 1. The van der Waals surface area contributed by atoms with Gasteiger partial charge in [0.2, 0.25) is 0 Å². The van der Waals surface area contributed by atoms with Gasteiger partial charge in [0.25, 0.3) is 0 Å². The number of aromatic nitrogens is 3. The number of nitrogens with one attached hydrogen (secondary N) is 1. The minimum Gasteiger partial charge on any atom is -0.355 e. The van der Waals surface area contributed by atoms with E-state index < -0.39 is 0 Å². The van der Waals surface area contributed by atoms with Gasteiger partial charge < -0.3 is 9.88 Å². The second-order valence-corrected chi connectivity index (χ2v) is 6.56. The number of benzene rings is 1. The van der Waals surface area contributed by atoms with Crippen LogP contribution >= 0.6 is 12.4 Å². The van der Waals surface area contributed by atoms with Crippen molar-refractivity contribution in [2.45, 2.75) is 39.5 Å². The van der Waals surface area contributed by atoms with Crippen molar-refractivity contribution < 1.29 is 0 Å². The van der Waals surface area contributed by atoms with Crippen LogP contribution in [0, 0.1) is 6.92 Å². The van der Waals surface area contributed by atoms with Gasteiger partial charge in [-0.2, -0.15) is 0 Å². The Morgan fingerprint density at radius 2 is 1.76 bits per heavy atom. The number of hydrogen-bond acceptors (Lipinski definition) is 3. The SMILES string of the molecule is CCc1c(-c2ccccc2)[nH]c2c(N3CCCCC3)nc(C)nc12.Cl. The number of anilines is 1. The van der Waals surface area contributed by atoms with E-state index in [0.29, 0.717) is 0 Å². The Balaban J connectivity index is 0.00000182. The van der Waals surface area contributed by atoms with Gasteiger partial charge in [0, 0.05) is 18.7 Å². The summed E-state index contributed by atoms with van der Waals surface area (Å²) in [5.74, 6) is 1.94. The normalized spacial score (nSPS) is 14.6. The molecule has 5 heteroatoms.